The van der Waals surface area contributed by atoms with Gasteiger partial charge < -0.3 is 20.3 Å². The van der Waals surface area contributed by atoms with E-state index in [1.807, 2.05) is 32.0 Å². The Kier molecular flexibility index (Phi) is 6.83. The van der Waals surface area contributed by atoms with Gasteiger partial charge in [0.25, 0.3) is 5.91 Å². The number of carbonyl (C=O) groups excluding carboxylic acids is 3. The Balaban J connectivity index is 1.15. The number of nitrogens with zero attached hydrogens (tertiary/aromatic N) is 3. The second-order valence-electron chi connectivity index (χ2n) is 10.1. The van der Waals surface area contributed by atoms with Gasteiger partial charge in [-0.25, -0.2) is 4.98 Å². The smallest absolute Gasteiger partial charge is 0.274 e. The van der Waals surface area contributed by atoms with Gasteiger partial charge in [-0.1, -0.05) is 23.7 Å². The van der Waals surface area contributed by atoms with E-state index in [1.54, 1.807) is 17.0 Å². The van der Waals surface area contributed by atoms with Crippen LogP contribution in [0.5, 0.6) is 5.88 Å². The molecule has 3 amide bonds. The van der Waals surface area contributed by atoms with E-state index in [4.69, 9.17) is 16.3 Å². The molecule has 1 saturated heterocycles. The maximum Gasteiger partial charge on any atom is 0.274 e. The molecule has 198 valence electrons. The maximum absolute atomic E-state index is 13.1. The zero-order chi connectivity index (χ0) is 27.0. The molecule has 1 aromatic carbocycles. The van der Waals surface area contributed by atoms with Crippen LogP contribution in [0.2, 0.25) is 5.02 Å². The number of amides is 3. The highest BCUT2D eigenvalue weighted by atomic mass is 35.5. The Morgan fingerprint density at radius 3 is 2.71 bits per heavy atom. The summed E-state index contributed by atoms with van der Waals surface area (Å²) in [6, 6.07) is 9.10. The van der Waals surface area contributed by atoms with Crippen molar-refractivity contribution >= 4 is 35.0 Å². The lowest BCUT2D eigenvalue weighted by Gasteiger charge is -2.30. The van der Waals surface area contributed by atoms with Crippen LogP contribution in [-0.4, -0.2) is 58.0 Å². The lowest BCUT2D eigenvalue weighted by Crippen LogP contribution is -2.43. The lowest BCUT2D eigenvalue weighted by atomic mass is 9.85. The molecule has 4 heterocycles. The molecule has 0 aliphatic carbocycles. The maximum atomic E-state index is 13.1. The van der Waals surface area contributed by atoms with Crippen LogP contribution in [0.4, 0.5) is 5.69 Å². The van der Waals surface area contributed by atoms with Gasteiger partial charge in [-0.3, -0.25) is 19.5 Å². The number of hydrogen-bond acceptors (Lipinski definition) is 6. The van der Waals surface area contributed by atoms with Crippen molar-refractivity contribution in [1.82, 2.24) is 25.4 Å². The number of fused-ring (bicyclic) bond motifs is 1. The van der Waals surface area contributed by atoms with Gasteiger partial charge in [-0.15, -0.1) is 0 Å². The van der Waals surface area contributed by atoms with Crippen LogP contribution in [-0.2, 0) is 21.5 Å². The number of methoxy groups -OCH3 is 1. The van der Waals surface area contributed by atoms with Crippen molar-refractivity contribution in [3.05, 3.63) is 58.4 Å². The van der Waals surface area contributed by atoms with Crippen LogP contribution in [0.25, 0.3) is 11.3 Å². The van der Waals surface area contributed by atoms with Gasteiger partial charge in [0.2, 0.25) is 17.7 Å². The standard InChI is InChI=1S/C27H29ClN6O4/c1-27(2)18-10-15(4-5-20(18)31-26(27)37)13-30-24(35)16-6-8-34(9-7-16)25(36)22-12-21(32-33-22)17-11-23(38-3)29-14-19(17)28/h4-5,10-12,14,16H,6-9,13H2,1-3H3,(H,30,35)(H,31,37)(H,32,33). The monoisotopic (exact) mass is 536 g/mol. The third-order valence-corrected chi connectivity index (χ3v) is 7.62. The summed E-state index contributed by atoms with van der Waals surface area (Å²) < 4.78 is 5.16. The van der Waals surface area contributed by atoms with E-state index in [1.165, 1.54) is 13.3 Å². The molecule has 2 aliphatic heterocycles. The summed E-state index contributed by atoms with van der Waals surface area (Å²) in [5.74, 6) is -0.0328. The number of carbonyl (C=O) groups is 3. The van der Waals surface area contributed by atoms with Gasteiger partial charge in [0.1, 0.15) is 0 Å². The van der Waals surface area contributed by atoms with E-state index >= 15 is 0 Å². The number of aromatic nitrogens is 3. The highest BCUT2D eigenvalue weighted by Crippen LogP contribution is 2.37. The molecule has 0 spiro atoms. The normalized spacial score (nSPS) is 16.6. The van der Waals surface area contributed by atoms with E-state index in [0.717, 1.165) is 16.8 Å². The van der Waals surface area contributed by atoms with Crippen molar-refractivity contribution in [2.24, 2.45) is 5.92 Å². The van der Waals surface area contributed by atoms with E-state index in [2.05, 4.69) is 25.8 Å². The molecule has 11 heteroatoms. The summed E-state index contributed by atoms with van der Waals surface area (Å²) >= 11 is 6.26. The van der Waals surface area contributed by atoms with Crippen LogP contribution in [0.15, 0.2) is 36.5 Å². The Labute approximate surface area is 225 Å². The molecule has 5 rings (SSSR count). The third-order valence-electron chi connectivity index (χ3n) is 7.32. The first-order valence-electron chi connectivity index (χ1n) is 12.4. The highest BCUT2D eigenvalue weighted by Gasteiger charge is 2.38. The molecular formula is C27H29ClN6O4. The van der Waals surface area contributed by atoms with Gasteiger partial charge in [0.15, 0.2) is 5.69 Å². The fourth-order valence-electron chi connectivity index (χ4n) is 4.88. The SMILES string of the molecule is COc1cc(-c2cc(C(=O)N3CCC(C(=O)NCc4ccc5c(c4)C(C)(C)C(=O)N5)CC3)n[nH]2)c(Cl)cn1. The molecule has 0 bridgehead atoms. The minimum atomic E-state index is -0.596. The molecule has 38 heavy (non-hydrogen) atoms. The summed E-state index contributed by atoms with van der Waals surface area (Å²) in [5, 5.41) is 13.4. The van der Waals surface area contributed by atoms with Gasteiger partial charge in [0.05, 0.1) is 29.4 Å². The van der Waals surface area contributed by atoms with Crippen LogP contribution in [0.1, 0.15) is 48.3 Å². The average Bonchev–Trinajstić information content (AvgIpc) is 3.50. The molecule has 1 fully saturated rings. The van der Waals surface area contributed by atoms with E-state index in [9.17, 15) is 14.4 Å². The van der Waals surface area contributed by atoms with Gasteiger partial charge in [-0.2, -0.15) is 5.10 Å². The number of benzene rings is 1. The molecule has 2 aromatic heterocycles. The lowest BCUT2D eigenvalue weighted by molar-refractivity contribution is -0.126. The fraction of sp³-hybridized carbons (Fsp3) is 0.370. The Morgan fingerprint density at radius 2 is 1.97 bits per heavy atom. The number of halogens is 1. The molecule has 0 unspecified atom stereocenters. The minimum Gasteiger partial charge on any atom is -0.481 e. The van der Waals surface area contributed by atoms with E-state index in [0.29, 0.717) is 54.6 Å². The molecule has 3 aromatic rings. The molecule has 0 saturated carbocycles. The molecule has 0 atom stereocenters. The van der Waals surface area contributed by atoms with Crippen LogP contribution in [0, 0.1) is 5.92 Å². The summed E-state index contributed by atoms with van der Waals surface area (Å²) in [6.07, 6.45) is 2.62. The molecular weight excluding hydrogens is 508 g/mol. The van der Waals surface area contributed by atoms with Crippen LogP contribution in [0.3, 0.4) is 0 Å². The number of aromatic amines is 1. The molecule has 2 aliphatic rings. The van der Waals surface area contributed by atoms with Crippen molar-refractivity contribution in [1.29, 1.82) is 0 Å². The first-order valence-corrected chi connectivity index (χ1v) is 12.8. The van der Waals surface area contributed by atoms with E-state index < -0.39 is 5.41 Å². The fourth-order valence-corrected chi connectivity index (χ4v) is 5.08. The first-order chi connectivity index (χ1) is 18.2. The van der Waals surface area contributed by atoms with Gasteiger partial charge in [0, 0.05) is 42.9 Å². The van der Waals surface area contributed by atoms with Crippen LogP contribution >= 0.6 is 11.6 Å². The first kappa shape index (κ1) is 25.7. The van der Waals surface area contributed by atoms with Gasteiger partial charge >= 0.3 is 0 Å². The van der Waals surface area contributed by atoms with Crippen molar-refractivity contribution in [3.63, 3.8) is 0 Å². The van der Waals surface area contributed by atoms with Crippen molar-refractivity contribution in [2.75, 3.05) is 25.5 Å². The second-order valence-corrected chi connectivity index (χ2v) is 10.5. The highest BCUT2D eigenvalue weighted by molar-refractivity contribution is 6.33. The number of pyridine rings is 1. The zero-order valence-corrected chi connectivity index (χ0v) is 22.2. The van der Waals surface area contributed by atoms with Crippen LogP contribution < -0.4 is 15.4 Å². The molecule has 10 nitrogen and oxygen atoms in total. The number of nitrogens with one attached hydrogen (secondary N) is 3. The summed E-state index contributed by atoms with van der Waals surface area (Å²) in [6.45, 7) is 5.09. The predicted octanol–water partition coefficient (Wildman–Crippen LogP) is 3.53. The minimum absolute atomic E-state index is 0.0255. The van der Waals surface area contributed by atoms with Crippen molar-refractivity contribution in [3.8, 4) is 17.1 Å². The van der Waals surface area contributed by atoms with E-state index in [-0.39, 0.29) is 29.3 Å². The van der Waals surface area contributed by atoms with Crippen molar-refractivity contribution in [2.45, 2.75) is 38.6 Å². The summed E-state index contributed by atoms with van der Waals surface area (Å²) in [7, 11) is 1.51. The Hall–Kier alpha value is -3.92. The molecule has 0 radical (unpaired) electrons. The second kappa shape index (κ2) is 10.1. The third kappa shape index (κ3) is 4.83. The van der Waals surface area contributed by atoms with Crippen molar-refractivity contribution < 1.29 is 19.1 Å². The number of H-pyrrole nitrogens is 1. The summed E-state index contributed by atoms with van der Waals surface area (Å²) in [4.78, 5) is 43.9. The van der Waals surface area contributed by atoms with Gasteiger partial charge in [-0.05, 0) is 49.9 Å². The number of anilines is 1. The largest absolute Gasteiger partial charge is 0.481 e. The Morgan fingerprint density at radius 1 is 1.21 bits per heavy atom. The topological polar surface area (TPSA) is 129 Å². The average molecular weight is 537 g/mol. The quantitative estimate of drug-likeness (QED) is 0.442. The number of rotatable bonds is 6. The number of piperidine rings is 1. The number of hydrogen-bond donors (Lipinski definition) is 3. The number of likely N-dealkylation sites (tertiary alicyclic amines) is 1. The predicted molar refractivity (Wildman–Crippen MR) is 142 cm³/mol. The molecule has 3 N–H and O–H groups in total. The zero-order valence-electron chi connectivity index (χ0n) is 21.4. The summed E-state index contributed by atoms with van der Waals surface area (Å²) in [5.41, 5.74) is 3.60. The number of ether oxygens (including phenoxy) is 1. The Bertz CT molecular complexity index is 1410.